The summed E-state index contributed by atoms with van der Waals surface area (Å²) in [5.41, 5.74) is 0.811. The van der Waals surface area contributed by atoms with Crippen LogP contribution in [0.15, 0.2) is 47.1 Å². The molecule has 0 unspecified atom stereocenters. The van der Waals surface area contributed by atoms with Crippen LogP contribution in [0.3, 0.4) is 0 Å². The average Bonchev–Trinajstić information content (AvgIpc) is 2.88. The van der Waals surface area contributed by atoms with Crippen molar-refractivity contribution in [1.82, 2.24) is 0 Å². The zero-order valence-corrected chi connectivity index (χ0v) is 10.5. The van der Waals surface area contributed by atoms with E-state index < -0.39 is 0 Å². The molecule has 2 aromatic rings. The summed E-state index contributed by atoms with van der Waals surface area (Å²) >= 11 is 5.96. The second kappa shape index (κ2) is 6.26. The molecule has 0 atom stereocenters. The summed E-state index contributed by atoms with van der Waals surface area (Å²) in [5.74, 6) is 0.524. The third kappa shape index (κ3) is 3.64. The van der Waals surface area contributed by atoms with Crippen LogP contribution >= 0.6 is 11.6 Å². The number of esters is 1. The van der Waals surface area contributed by atoms with Crippen LogP contribution < -0.4 is 0 Å². The monoisotopic (exact) mass is 264 g/mol. The zero-order chi connectivity index (χ0) is 12.8. The van der Waals surface area contributed by atoms with Gasteiger partial charge in [-0.3, -0.25) is 4.79 Å². The lowest BCUT2D eigenvalue weighted by Crippen LogP contribution is -2.05. The highest BCUT2D eigenvalue weighted by molar-refractivity contribution is 6.31. The minimum atomic E-state index is -0.258. The summed E-state index contributed by atoms with van der Waals surface area (Å²) in [6.45, 7) is 0.205. The molecule has 0 saturated heterocycles. The molecule has 4 heteroatoms. The second-order valence-electron chi connectivity index (χ2n) is 3.83. The van der Waals surface area contributed by atoms with Crippen molar-refractivity contribution in [1.29, 1.82) is 0 Å². The molecule has 0 bridgehead atoms. The summed E-state index contributed by atoms with van der Waals surface area (Å²) in [6.07, 6.45) is 2.44. The highest BCUT2D eigenvalue weighted by Gasteiger charge is 2.07. The normalized spacial score (nSPS) is 10.3. The van der Waals surface area contributed by atoms with Gasteiger partial charge in [0, 0.05) is 17.0 Å². The molecule has 18 heavy (non-hydrogen) atoms. The Bertz CT molecular complexity index is 506. The van der Waals surface area contributed by atoms with E-state index in [1.807, 2.05) is 24.3 Å². The van der Waals surface area contributed by atoms with Crippen LogP contribution in [0, 0.1) is 0 Å². The van der Waals surface area contributed by atoms with Gasteiger partial charge in [-0.15, -0.1) is 0 Å². The summed E-state index contributed by atoms with van der Waals surface area (Å²) in [4.78, 5) is 11.5. The second-order valence-corrected chi connectivity index (χ2v) is 4.24. The molecule has 0 amide bonds. The van der Waals surface area contributed by atoms with Gasteiger partial charge in [-0.25, -0.2) is 0 Å². The Morgan fingerprint density at radius 3 is 2.78 bits per heavy atom. The molecule has 3 nitrogen and oxygen atoms in total. The van der Waals surface area contributed by atoms with Gasteiger partial charge in [-0.2, -0.15) is 0 Å². The van der Waals surface area contributed by atoms with Crippen LogP contribution in [0.5, 0.6) is 0 Å². The first-order chi connectivity index (χ1) is 8.75. The van der Waals surface area contributed by atoms with E-state index in [9.17, 15) is 4.79 Å². The number of rotatable bonds is 5. The Kier molecular flexibility index (Phi) is 4.42. The first kappa shape index (κ1) is 12.7. The molecule has 0 N–H and O–H groups in total. The molecule has 0 aliphatic heterocycles. The smallest absolute Gasteiger partial charge is 0.306 e. The number of halogens is 1. The molecule has 1 aromatic carbocycles. The molecule has 0 aliphatic carbocycles. The summed E-state index contributed by atoms with van der Waals surface area (Å²) < 4.78 is 10.3. The van der Waals surface area contributed by atoms with Gasteiger partial charge < -0.3 is 9.15 Å². The van der Waals surface area contributed by atoms with E-state index in [1.54, 1.807) is 18.4 Å². The molecular formula is C14H13ClO3. The lowest BCUT2D eigenvalue weighted by atomic mass is 10.2. The Morgan fingerprint density at radius 1 is 1.22 bits per heavy atom. The van der Waals surface area contributed by atoms with Gasteiger partial charge in [-0.1, -0.05) is 29.8 Å². The topological polar surface area (TPSA) is 39.4 Å². The maximum absolute atomic E-state index is 11.5. The van der Waals surface area contributed by atoms with Crippen molar-refractivity contribution < 1.29 is 13.9 Å². The lowest BCUT2D eigenvalue weighted by molar-refractivity contribution is -0.144. The van der Waals surface area contributed by atoms with Crippen molar-refractivity contribution >= 4 is 17.6 Å². The maximum Gasteiger partial charge on any atom is 0.306 e. The van der Waals surface area contributed by atoms with Gasteiger partial charge in [0.05, 0.1) is 12.7 Å². The lowest BCUT2D eigenvalue weighted by Gasteiger charge is -2.05. The Balaban J connectivity index is 1.77. The fourth-order valence-corrected chi connectivity index (χ4v) is 1.72. The highest BCUT2D eigenvalue weighted by atomic mass is 35.5. The summed E-state index contributed by atoms with van der Waals surface area (Å²) in [6, 6.07) is 10.9. The van der Waals surface area contributed by atoms with Crippen molar-refractivity contribution in [3.05, 3.63) is 59.0 Å². The number of hydrogen-bond donors (Lipinski definition) is 0. The zero-order valence-electron chi connectivity index (χ0n) is 9.77. The Morgan fingerprint density at radius 2 is 2.06 bits per heavy atom. The van der Waals surface area contributed by atoms with Crippen LogP contribution in [0.1, 0.15) is 17.7 Å². The Labute approximate surface area is 110 Å². The average molecular weight is 265 g/mol. The van der Waals surface area contributed by atoms with Crippen molar-refractivity contribution in [3.8, 4) is 0 Å². The minimum Gasteiger partial charge on any atom is -0.469 e. The van der Waals surface area contributed by atoms with Gasteiger partial charge in [0.1, 0.15) is 12.4 Å². The van der Waals surface area contributed by atoms with E-state index in [4.69, 9.17) is 20.8 Å². The quantitative estimate of drug-likeness (QED) is 0.775. The number of carbonyl (C=O) groups excluding carboxylic acids is 1. The first-order valence-corrected chi connectivity index (χ1v) is 6.05. The third-order valence-corrected chi connectivity index (χ3v) is 2.87. The van der Waals surface area contributed by atoms with Gasteiger partial charge >= 0.3 is 5.97 Å². The highest BCUT2D eigenvalue weighted by Crippen LogP contribution is 2.16. The minimum absolute atomic E-state index is 0.205. The number of aryl methyl sites for hydroxylation is 1. The van der Waals surface area contributed by atoms with E-state index in [-0.39, 0.29) is 12.6 Å². The fourth-order valence-electron chi connectivity index (χ4n) is 1.53. The van der Waals surface area contributed by atoms with Crippen LogP contribution in [0.2, 0.25) is 5.02 Å². The predicted octanol–water partition coefficient (Wildman–Crippen LogP) is 3.61. The number of hydrogen-bond acceptors (Lipinski definition) is 3. The van der Waals surface area contributed by atoms with E-state index >= 15 is 0 Å². The van der Waals surface area contributed by atoms with E-state index in [0.717, 1.165) is 11.3 Å². The molecular weight excluding hydrogens is 252 g/mol. The van der Waals surface area contributed by atoms with Crippen molar-refractivity contribution in [2.24, 2.45) is 0 Å². The van der Waals surface area contributed by atoms with Gasteiger partial charge in [0.2, 0.25) is 0 Å². The summed E-state index contributed by atoms with van der Waals surface area (Å²) in [5, 5.41) is 0.608. The number of benzene rings is 1. The molecule has 1 heterocycles. The standard InChI is InChI=1S/C14H13ClO3/c15-13-6-2-1-4-11(13)10-18-14(16)8-7-12-5-3-9-17-12/h1-6,9H,7-8,10H2. The van der Waals surface area contributed by atoms with E-state index in [0.29, 0.717) is 17.9 Å². The molecule has 0 radical (unpaired) electrons. The first-order valence-electron chi connectivity index (χ1n) is 5.67. The van der Waals surface area contributed by atoms with Crippen LogP contribution in [0.4, 0.5) is 0 Å². The SMILES string of the molecule is O=C(CCc1ccco1)OCc1ccccc1Cl. The molecule has 0 fully saturated rings. The molecule has 0 saturated carbocycles. The molecule has 1 aromatic heterocycles. The number of carbonyl (C=O) groups is 1. The van der Waals surface area contributed by atoms with E-state index in [2.05, 4.69) is 0 Å². The predicted molar refractivity (Wildman–Crippen MR) is 68.3 cm³/mol. The maximum atomic E-state index is 11.5. The largest absolute Gasteiger partial charge is 0.469 e. The molecule has 0 spiro atoms. The number of furan rings is 1. The van der Waals surface area contributed by atoms with Crippen LogP contribution in [-0.4, -0.2) is 5.97 Å². The van der Waals surface area contributed by atoms with Gasteiger partial charge in [0.15, 0.2) is 0 Å². The third-order valence-electron chi connectivity index (χ3n) is 2.50. The molecule has 94 valence electrons. The van der Waals surface area contributed by atoms with Gasteiger partial charge in [-0.05, 0) is 18.2 Å². The van der Waals surface area contributed by atoms with Crippen molar-refractivity contribution in [2.75, 3.05) is 0 Å². The molecule has 2 rings (SSSR count). The fraction of sp³-hybridized carbons (Fsp3) is 0.214. The summed E-state index contributed by atoms with van der Waals surface area (Å²) in [7, 11) is 0. The molecule has 0 aliphatic rings. The van der Waals surface area contributed by atoms with E-state index in [1.165, 1.54) is 0 Å². The van der Waals surface area contributed by atoms with Crippen molar-refractivity contribution in [2.45, 2.75) is 19.4 Å². The van der Waals surface area contributed by atoms with Crippen LogP contribution in [-0.2, 0) is 22.6 Å². The van der Waals surface area contributed by atoms with Crippen LogP contribution in [0.25, 0.3) is 0 Å². The van der Waals surface area contributed by atoms with Crippen molar-refractivity contribution in [3.63, 3.8) is 0 Å². The number of ether oxygens (including phenoxy) is 1. The Hall–Kier alpha value is -1.74. The van der Waals surface area contributed by atoms with Gasteiger partial charge in [0.25, 0.3) is 0 Å².